The lowest BCUT2D eigenvalue weighted by atomic mass is 10.1. The third kappa shape index (κ3) is 7.13. The van der Waals surface area contributed by atoms with Gasteiger partial charge >= 0.3 is 0 Å². The molecule has 0 bridgehead atoms. The summed E-state index contributed by atoms with van der Waals surface area (Å²) in [7, 11) is 1.66. The quantitative estimate of drug-likeness (QED) is 0.384. The number of halogens is 3. The molecule has 3 aromatic carbocycles. The molecule has 0 aliphatic heterocycles. The Morgan fingerprint density at radius 1 is 0.862 bits per heavy atom. The third-order valence-electron chi connectivity index (χ3n) is 4.38. The number of benzene rings is 3. The lowest BCUT2D eigenvalue weighted by Crippen LogP contribution is -2.16. The topological polar surface area (TPSA) is 30.5 Å². The summed E-state index contributed by atoms with van der Waals surface area (Å²) in [6.45, 7) is 2.06. The Hall–Kier alpha value is -1.91. The van der Waals surface area contributed by atoms with E-state index in [0.717, 1.165) is 47.7 Å². The molecular weight excluding hydrogens is 429 g/mol. The van der Waals surface area contributed by atoms with Gasteiger partial charge in [0, 0.05) is 16.6 Å². The van der Waals surface area contributed by atoms with Crippen molar-refractivity contribution in [3.05, 3.63) is 93.5 Å². The summed E-state index contributed by atoms with van der Waals surface area (Å²) in [5.74, 6) is 1.47. The molecule has 0 saturated heterocycles. The first-order valence-corrected chi connectivity index (χ1v) is 9.89. The molecule has 154 valence electrons. The molecule has 3 nitrogen and oxygen atoms in total. The van der Waals surface area contributed by atoms with Crippen molar-refractivity contribution in [3.8, 4) is 11.5 Å². The van der Waals surface area contributed by atoms with Crippen molar-refractivity contribution < 1.29 is 9.47 Å². The molecule has 0 heterocycles. The van der Waals surface area contributed by atoms with Gasteiger partial charge in [-0.3, -0.25) is 0 Å². The number of nitrogens with one attached hydrogen (secondary N) is 1. The molecule has 0 saturated carbocycles. The minimum absolute atomic E-state index is 0. The Kier molecular flexibility index (Phi) is 9.62. The van der Waals surface area contributed by atoms with Crippen LogP contribution in [-0.2, 0) is 19.6 Å². The van der Waals surface area contributed by atoms with Crippen molar-refractivity contribution in [2.75, 3.05) is 13.7 Å². The molecule has 0 atom stereocenters. The summed E-state index contributed by atoms with van der Waals surface area (Å²) in [5.41, 5.74) is 3.34. The van der Waals surface area contributed by atoms with Gasteiger partial charge in [-0.25, -0.2) is 0 Å². The highest BCUT2D eigenvalue weighted by Gasteiger charge is 2.07. The molecule has 6 heteroatoms. The smallest absolute Gasteiger partial charge is 0.161 e. The van der Waals surface area contributed by atoms with Gasteiger partial charge in [-0.1, -0.05) is 65.7 Å². The van der Waals surface area contributed by atoms with Gasteiger partial charge in [-0.05, 0) is 53.9 Å². The van der Waals surface area contributed by atoms with Crippen molar-refractivity contribution in [2.24, 2.45) is 0 Å². The summed E-state index contributed by atoms with van der Waals surface area (Å²) in [4.78, 5) is 0. The van der Waals surface area contributed by atoms with Crippen LogP contribution in [0.5, 0.6) is 11.5 Å². The molecule has 0 aromatic heterocycles. The molecule has 29 heavy (non-hydrogen) atoms. The van der Waals surface area contributed by atoms with E-state index in [0.29, 0.717) is 16.7 Å². The minimum Gasteiger partial charge on any atom is -0.493 e. The van der Waals surface area contributed by atoms with Crippen LogP contribution in [0.2, 0.25) is 10.0 Å². The zero-order valence-corrected chi connectivity index (χ0v) is 18.5. The summed E-state index contributed by atoms with van der Waals surface area (Å²) in [6.07, 6.45) is 0.839. The van der Waals surface area contributed by atoms with Crippen molar-refractivity contribution in [2.45, 2.75) is 19.6 Å². The van der Waals surface area contributed by atoms with Crippen LogP contribution in [0.1, 0.15) is 16.7 Å². The average Bonchev–Trinajstić information content (AvgIpc) is 2.72. The lowest BCUT2D eigenvalue weighted by molar-refractivity contribution is 0.284. The van der Waals surface area contributed by atoms with E-state index < -0.39 is 0 Å². The summed E-state index contributed by atoms with van der Waals surface area (Å²) in [6, 6.07) is 21.7. The molecule has 0 unspecified atom stereocenters. The fraction of sp³-hybridized carbons (Fsp3) is 0.217. The van der Waals surface area contributed by atoms with Crippen LogP contribution in [0.15, 0.2) is 66.7 Å². The second-order valence-electron chi connectivity index (χ2n) is 6.42. The lowest BCUT2D eigenvalue weighted by Gasteiger charge is -2.13. The second kappa shape index (κ2) is 11.9. The van der Waals surface area contributed by atoms with Crippen LogP contribution in [0.4, 0.5) is 0 Å². The number of hydrogen-bond donors (Lipinski definition) is 1. The predicted octanol–water partition coefficient (Wildman–Crippen LogP) is 6.34. The zero-order chi connectivity index (χ0) is 19.8. The van der Waals surface area contributed by atoms with Crippen molar-refractivity contribution in [1.29, 1.82) is 0 Å². The molecule has 3 rings (SSSR count). The van der Waals surface area contributed by atoms with E-state index in [2.05, 4.69) is 5.32 Å². The average molecular weight is 453 g/mol. The van der Waals surface area contributed by atoms with Gasteiger partial charge in [0.25, 0.3) is 0 Å². The highest BCUT2D eigenvalue weighted by Crippen LogP contribution is 2.29. The minimum atomic E-state index is 0. The molecule has 0 fully saturated rings. The highest BCUT2D eigenvalue weighted by atomic mass is 35.5. The number of methoxy groups -OCH3 is 1. The van der Waals surface area contributed by atoms with E-state index in [1.807, 2.05) is 60.7 Å². The van der Waals surface area contributed by atoms with Crippen LogP contribution < -0.4 is 14.8 Å². The maximum atomic E-state index is 6.21. The van der Waals surface area contributed by atoms with Gasteiger partial charge in [0.2, 0.25) is 0 Å². The Morgan fingerprint density at radius 2 is 1.66 bits per heavy atom. The van der Waals surface area contributed by atoms with Crippen molar-refractivity contribution in [1.82, 2.24) is 5.32 Å². The molecule has 0 aliphatic carbocycles. The molecule has 0 aliphatic rings. The monoisotopic (exact) mass is 451 g/mol. The Labute approximate surface area is 188 Å². The normalized spacial score (nSPS) is 10.3. The van der Waals surface area contributed by atoms with Crippen LogP contribution >= 0.6 is 35.6 Å². The van der Waals surface area contributed by atoms with Gasteiger partial charge in [0.05, 0.1) is 7.11 Å². The zero-order valence-electron chi connectivity index (χ0n) is 16.2. The van der Waals surface area contributed by atoms with Gasteiger partial charge in [0.15, 0.2) is 11.5 Å². The third-order valence-corrected chi connectivity index (χ3v) is 4.97. The predicted molar refractivity (Wildman–Crippen MR) is 123 cm³/mol. The van der Waals surface area contributed by atoms with E-state index in [-0.39, 0.29) is 12.4 Å². The first-order chi connectivity index (χ1) is 13.7. The van der Waals surface area contributed by atoms with Gasteiger partial charge in [-0.2, -0.15) is 0 Å². The Morgan fingerprint density at radius 3 is 2.38 bits per heavy atom. The highest BCUT2D eigenvalue weighted by molar-refractivity contribution is 6.35. The SMILES string of the molecule is COc1cc(CNCCc2ccc(Cl)cc2Cl)ccc1OCc1ccccc1.Cl. The van der Waals surface area contributed by atoms with Crippen molar-refractivity contribution in [3.63, 3.8) is 0 Å². The van der Waals surface area contributed by atoms with Gasteiger partial charge < -0.3 is 14.8 Å². The summed E-state index contributed by atoms with van der Waals surface area (Å²) >= 11 is 12.1. The van der Waals surface area contributed by atoms with Gasteiger partial charge in [0.1, 0.15) is 6.61 Å². The molecule has 3 aromatic rings. The van der Waals surface area contributed by atoms with E-state index in [1.165, 1.54) is 0 Å². The maximum absolute atomic E-state index is 6.21. The van der Waals surface area contributed by atoms with Crippen LogP contribution in [0.25, 0.3) is 0 Å². The van der Waals surface area contributed by atoms with E-state index in [1.54, 1.807) is 13.2 Å². The largest absolute Gasteiger partial charge is 0.493 e. The molecular formula is C23H24Cl3NO2. The standard InChI is InChI=1S/C23H23Cl2NO2.ClH/c1-27-23-13-18(7-10-22(23)28-16-17-5-3-2-4-6-17)15-26-12-11-19-8-9-20(24)14-21(19)25;/h2-10,13-14,26H,11-12,15-16H2,1H3;1H. The number of hydrogen-bond acceptors (Lipinski definition) is 3. The molecule has 1 N–H and O–H groups in total. The first kappa shape index (κ1) is 23.4. The first-order valence-electron chi connectivity index (χ1n) is 9.14. The van der Waals surface area contributed by atoms with Crippen LogP contribution in [0, 0.1) is 0 Å². The van der Waals surface area contributed by atoms with Crippen LogP contribution in [0.3, 0.4) is 0 Å². The maximum Gasteiger partial charge on any atom is 0.161 e. The molecule has 0 radical (unpaired) electrons. The van der Waals surface area contributed by atoms with Gasteiger partial charge in [-0.15, -0.1) is 12.4 Å². The molecule has 0 amide bonds. The Balaban J connectivity index is 0.00000300. The summed E-state index contributed by atoms with van der Waals surface area (Å²) in [5, 5.41) is 4.79. The van der Waals surface area contributed by atoms with Crippen LogP contribution in [-0.4, -0.2) is 13.7 Å². The number of ether oxygens (including phenoxy) is 2. The second-order valence-corrected chi connectivity index (χ2v) is 7.27. The van der Waals surface area contributed by atoms with E-state index in [9.17, 15) is 0 Å². The fourth-order valence-corrected chi connectivity index (χ4v) is 3.36. The van der Waals surface area contributed by atoms with E-state index in [4.69, 9.17) is 32.7 Å². The fourth-order valence-electron chi connectivity index (χ4n) is 2.86. The number of rotatable bonds is 9. The molecule has 0 spiro atoms. The van der Waals surface area contributed by atoms with Crippen molar-refractivity contribution >= 4 is 35.6 Å². The summed E-state index contributed by atoms with van der Waals surface area (Å²) < 4.78 is 11.4. The Bertz CT molecular complexity index is 904. The van der Waals surface area contributed by atoms with E-state index >= 15 is 0 Å².